The predicted molar refractivity (Wildman–Crippen MR) is 81.3 cm³/mol. The normalized spacial score (nSPS) is 19.1. The topological polar surface area (TPSA) is 73.6 Å². The Morgan fingerprint density at radius 3 is 2.86 bits per heavy atom. The first-order valence-corrected chi connectivity index (χ1v) is 7.29. The highest BCUT2D eigenvalue weighted by atomic mass is 16.6. The van der Waals surface area contributed by atoms with Crippen LogP contribution in [0.25, 0.3) is 0 Å². The summed E-state index contributed by atoms with van der Waals surface area (Å²) < 4.78 is 11.0. The van der Waals surface area contributed by atoms with Gasteiger partial charge < -0.3 is 20.5 Å². The lowest BCUT2D eigenvalue weighted by atomic mass is 9.90. The first kappa shape index (κ1) is 15.6. The van der Waals surface area contributed by atoms with Crippen LogP contribution in [-0.2, 0) is 11.2 Å². The summed E-state index contributed by atoms with van der Waals surface area (Å²) in [6.45, 7) is 6.42. The summed E-state index contributed by atoms with van der Waals surface area (Å²) in [5.74, 6) is 1.07. The zero-order valence-corrected chi connectivity index (χ0v) is 12.9. The lowest BCUT2D eigenvalue weighted by Crippen LogP contribution is -2.50. The Kier molecular flexibility index (Phi) is 4.73. The zero-order valence-electron chi connectivity index (χ0n) is 12.9. The van der Waals surface area contributed by atoms with Crippen molar-refractivity contribution < 1.29 is 14.3 Å². The van der Waals surface area contributed by atoms with Crippen molar-refractivity contribution in [2.75, 3.05) is 13.2 Å². The first-order valence-electron chi connectivity index (χ1n) is 7.29. The van der Waals surface area contributed by atoms with Crippen LogP contribution in [0.15, 0.2) is 24.3 Å². The molecule has 5 heteroatoms. The number of alkyl carbamates (subject to hydrolysis) is 1. The third-order valence-corrected chi connectivity index (χ3v) is 3.43. The average molecular weight is 292 g/mol. The van der Waals surface area contributed by atoms with Crippen molar-refractivity contribution in [2.24, 2.45) is 11.7 Å². The number of ether oxygens (including phenoxy) is 2. The highest BCUT2D eigenvalue weighted by Gasteiger charge is 2.29. The van der Waals surface area contributed by atoms with Gasteiger partial charge in [0.2, 0.25) is 0 Å². The minimum Gasteiger partial charge on any atom is -0.493 e. The largest absolute Gasteiger partial charge is 0.493 e. The molecule has 0 aliphatic carbocycles. The fourth-order valence-electron chi connectivity index (χ4n) is 2.44. The number of nitrogens with one attached hydrogen (secondary N) is 1. The maximum absolute atomic E-state index is 11.9. The molecule has 0 saturated carbocycles. The average Bonchev–Trinajstić information content (AvgIpc) is 2.42. The van der Waals surface area contributed by atoms with Crippen molar-refractivity contribution in [1.29, 1.82) is 0 Å². The molecule has 1 amide bonds. The van der Waals surface area contributed by atoms with E-state index in [9.17, 15) is 4.79 Å². The summed E-state index contributed by atoms with van der Waals surface area (Å²) in [4.78, 5) is 11.9. The van der Waals surface area contributed by atoms with Gasteiger partial charge in [-0.25, -0.2) is 4.79 Å². The van der Waals surface area contributed by atoms with E-state index in [1.165, 1.54) is 0 Å². The van der Waals surface area contributed by atoms with E-state index < -0.39 is 11.7 Å². The van der Waals surface area contributed by atoms with Gasteiger partial charge in [0, 0.05) is 12.5 Å². The molecule has 0 radical (unpaired) electrons. The molecule has 0 spiro atoms. The Bertz CT molecular complexity index is 497. The molecular weight excluding hydrogens is 268 g/mol. The number of rotatable bonds is 3. The molecule has 0 fully saturated rings. The molecule has 2 atom stereocenters. The van der Waals surface area contributed by atoms with E-state index in [1.54, 1.807) is 0 Å². The zero-order chi connectivity index (χ0) is 15.5. The van der Waals surface area contributed by atoms with Crippen LogP contribution in [0.5, 0.6) is 5.75 Å². The molecule has 2 rings (SSSR count). The highest BCUT2D eigenvalue weighted by molar-refractivity contribution is 5.68. The molecule has 1 aliphatic rings. The van der Waals surface area contributed by atoms with Crippen LogP contribution in [-0.4, -0.2) is 30.9 Å². The number of carbonyl (C=O) groups is 1. The second-order valence-corrected chi connectivity index (χ2v) is 6.37. The summed E-state index contributed by atoms with van der Waals surface area (Å²) >= 11 is 0. The van der Waals surface area contributed by atoms with E-state index in [0.29, 0.717) is 13.2 Å². The van der Waals surface area contributed by atoms with Gasteiger partial charge in [-0.15, -0.1) is 0 Å². The summed E-state index contributed by atoms with van der Waals surface area (Å²) in [7, 11) is 0. The quantitative estimate of drug-likeness (QED) is 0.894. The van der Waals surface area contributed by atoms with Gasteiger partial charge in [0.05, 0.1) is 12.6 Å². The van der Waals surface area contributed by atoms with Crippen molar-refractivity contribution >= 4 is 6.09 Å². The van der Waals surface area contributed by atoms with Gasteiger partial charge in [0.15, 0.2) is 0 Å². The number of benzene rings is 1. The van der Waals surface area contributed by atoms with Crippen LogP contribution in [0, 0.1) is 5.92 Å². The van der Waals surface area contributed by atoms with E-state index >= 15 is 0 Å². The van der Waals surface area contributed by atoms with E-state index in [0.717, 1.165) is 17.7 Å². The monoisotopic (exact) mass is 292 g/mol. The first-order chi connectivity index (χ1) is 9.89. The molecule has 3 N–H and O–H groups in total. The maximum Gasteiger partial charge on any atom is 0.407 e. The number of hydrogen-bond donors (Lipinski definition) is 2. The Morgan fingerprint density at radius 1 is 1.48 bits per heavy atom. The van der Waals surface area contributed by atoms with Crippen LogP contribution in [0.4, 0.5) is 4.79 Å². The SMILES string of the molecule is CC(C)(C)OC(=O)NC(CN)C1COc2ccccc2C1. The van der Waals surface area contributed by atoms with Crippen LogP contribution >= 0.6 is 0 Å². The van der Waals surface area contributed by atoms with Gasteiger partial charge in [0.25, 0.3) is 0 Å². The van der Waals surface area contributed by atoms with Crippen molar-refractivity contribution in [3.8, 4) is 5.75 Å². The van der Waals surface area contributed by atoms with Gasteiger partial charge in [-0.1, -0.05) is 18.2 Å². The predicted octanol–water partition coefficient (Wildman–Crippen LogP) is 2.09. The van der Waals surface area contributed by atoms with Gasteiger partial charge in [-0.05, 0) is 38.8 Å². The molecule has 1 aliphatic heterocycles. The molecule has 1 aromatic rings. The Balaban J connectivity index is 1.98. The number of nitrogens with two attached hydrogens (primary N) is 1. The van der Waals surface area contributed by atoms with Crippen molar-refractivity contribution in [1.82, 2.24) is 5.32 Å². The van der Waals surface area contributed by atoms with Gasteiger partial charge in [-0.2, -0.15) is 0 Å². The Hall–Kier alpha value is -1.75. The van der Waals surface area contributed by atoms with Gasteiger partial charge >= 0.3 is 6.09 Å². The smallest absolute Gasteiger partial charge is 0.407 e. The van der Waals surface area contributed by atoms with Gasteiger partial charge in [-0.3, -0.25) is 0 Å². The van der Waals surface area contributed by atoms with Gasteiger partial charge in [0.1, 0.15) is 11.4 Å². The fraction of sp³-hybridized carbons (Fsp3) is 0.562. The van der Waals surface area contributed by atoms with E-state index in [2.05, 4.69) is 5.32 Å². The second-order valence-electron chi connectivity index (χ2n) is 6.37. The molecule has 0 aromatic heterocycles. The van der Waals surface area contributed by atoms with Crippen molar-refractivity contribution in [3.05, 3.63) is 29.8 Å². The number of fused-ring (bicyclic) bond motifs is 1. The van der Waals surface area contributed by atoms with Crippen LogP contribution in [0.1, 0.15) is 26.3 Å². The molecule has 0 saturated heterocycles. The number of amides is 1. The van der Waals surface area contributed by atoms with E-state index in [-0.39, 0.29) is 12.0 Å². The fourth-order valence-corrected chi connectivity index (χ4v) is 2.44. The minimum atomic E-state index is -0.515. The molecule has 5 nitrogen and oxygen atoms in total. The third-order valence-electron chi connectivity index (χ3n) is 3.43. The molecular formula is C16H24N2O3. The second kappa shape index (κ2) is 6.35. The molecule has 0 bridgehead atoms. The lowest BCUT2D eigenvalue weighted by Gasteiger charge is -2.32. The van der Waals surface area contributed by atoms with E-state index in [1.807, 2.05) is 45.0 Å². The lowest BCUT2D eigenvalue weighted by molar-refractivity contribution is 0.0472. The molecule has 1 aromatic carbocycles. The third kappa shape index (κ3) is 4.36. The Labute approximate surface area is 125 Å². The van der Waals surface area contributed by atoms with Crippen LogP contribution in [0.3, 0.4) is 0 Å². The molecule has 21 heavy (non-hydrogen) atoms. The summed E-state index contributed by atoms with van der Waals surface area (Å²) in [6, 6.07) is 7.79. The molecule has 2 unspecified atom stereocenters. The highest BCUT2D eigenvalue weighted by Crippen LogP contribution is 2.28. The number of carbonyl (C=O) groups excluding carboxylic acids is 1. The van der Waals surface area contributed by atoms with E-state index in [4.69, 9.17) is 15.2 Å². The number of hydrogen-bond acceptors (Lipinski definition) is 4. The van der Waals surface area contributed by atoms with Crippen LogP contribution < -0.4 is 15.8 Å². The number of para-hydroxylation sites is 1. The maximum atomic E-state index is 11.9. The summed E-state index contributed by atoms with van der Waals surface area (Å²) in [5.41, 5.74) is 6.45. The minimum absolute atomic E-state index is 0.150. The molecule has 116 valence electrons. The summed E-state index contributed by atoms with van der Waals surface area (Å²) in [6.07, 6.45) is 0.408. The van der Waals surface area contributed by atoms with Crippen LogP contribution in [0.2, 0.25) is 0 Å². The van der Waals surface area contributed by atoms with Crippen molar-refractivity contribution in [3.63, 3.8) is 0 Å². The Morgan fingerprint density at radius 2 is 2.19 bits per heavy atom. The molecule has 1 heterocycles. The van der Waals surface area contributed by atoms with Crippen molar-refractivity contribution in [2.45, 2.75) is 38.8 Å². The summed E-state index contributed by atoms with van der Waals surface area (Å²) in [5, 5.41) is 2.86. The standard InChI is InChI=1S/C16H24N2O3/c1-16(2,3)21-15(19)18-13(9-17)12-8-11-6-4-5-7-14(11)20-10-12/h4-7,12-13H,8-10,17H2,1-3H3,(H,18,19).